The van der Waals surface area contributed by atoms with Gasteiger partial charge in [-0.1, -0.05) is 18.2 Å². The van der Waals surface area contributed by atoms with Crippen LogP contribution in [0, 0.1) is 0 Å². The molecule has 0 bridgehead atoms. The predicted octanol–water partition coefficient (Wildman–Crippen LogP) is 5.69. The molecule has 0 spiro atoms. The van der Waals surface area contributed by atoms with Gasteiger partial charge in [0, 0.05) is 17.3 Å². The molecule has 0 saturated heterocycles. The highest BCUT2D eigenvalue weighted by Crippen LogP contribution is 2.23. The average molecular weight is 491 g/mol. The quantitative estimate of drug-likeness (QED) is 0.396. The summed E-state index contributed by atoms with van der Waals surface area (Å²) in [6, 6.07) is 19.1. The molecule has 0 aromatic heterocycles. The second kappa shape index (κ2) is 11.4. The van der Waals surface area contributed by atoms with E-state index in [9.17, 15) is 18.0 Å². The zero-order valence-corrected chi connectivity index (χ0v) is 18.8. The Labute approximate surface area is 199 Å². The van der Waals surface area contributed by atoms with Crippen molar-refractivity contribution in [2.24, 2.45) is 0 Å². The summed E-state index contributed by atoms with van der Waals surface area (Å²) in [5.74, 6) is 0.340. The van der Waals surface area contributed by atoms with Crippen LogP contribution in [-0.2, 0) is 6.61 Å². The molecule has 0 atom stereocenters. The zero-order valence-electron chi connectivity index (χ0n) is 18.0. The van der Waals surface area contributed by atoms with Crippen molar-refractivity contribution in [3.05, 3.63) is 83.9 Å². The van der Waals surface area contributed by atoms with Crippen molar-refractivity contribution in [2.75, 3.05) is 11.9 Å². The summed E-state index contributed by atoms with van der Waals surface area (Å²) in [6.07, 6.45) is -4.80. The first-order valence-electron chi connectivity index (χ1n) is 10.1. The first kappa shape index (κ1) is 24.8. The molecule has 0 aliphatic heterocycles. The van der Waals surface area contributed by atoms with E-state index in [0.29, 0.717) is 24.7 Å². The molecule has 10 heteroatoms. The second-order valence-corrected chi connectivity index (χ2v) is 7.29. The van der Waals surface area contributed by atoms with E-state index in [1.807, 2.05) is 31.2 Å². The number of carbonyl (C=O) groups excluding carboxylic acids is 1. The van der Waals surface area contributed by atoms with Gasteiger partial charge >= 0.3 is 6.36 Å². The fourth-order valence-electron chi connectivity index (χ4n) is 2.87. The Bertz CT molecular complexity index is 1140. The second-order valence-electron chi connectivity index (χ2n) is 6.88. The fraction of sp³-hybridized carbons (Fsp3) is 0.167. The van der Waals surface area contributed by atoms with Gasteiger partial charge in [0.05, 0.1) is 6.61 Å². The van der Waals surface area contributed by atoms with Crippen molar-refractivity contribution in [1.29, 1.82) is 0 Å². The Hall–Kier alpha value is -3.79. The minimum atomic E-state index is -4.80. The summed E-state index contributed by atoms with van der Waals surface area (Å²) in [6.45, 7) is 2.82. The first-order chi connectivity index (χ1) is 16.2. The fourth-order valence-corrected chi connectivity index (χ4v) is 3.08. The topological polar surface area (TPSA) is 68.8 Å². The maximum absolute atomic E-state index is 12.3. The molecule has 0 radical (unpaired) electrons. The molecule has 1 amide bonds. The summed E-state index contributed by atoms with van der Waals surface area (Å²) in [4.78, 5) is 12.3. The number of hydrogen-bond donors (Lipinski definition) is 2. The van der Waals surface area contributed by atoms with Gasteiger partial charge in [-0.3, -0.25) is 10.1 Å². The molecular formula is C24H21F3N2O4S. The Morgan fingerprint density at radius 2 is 1.59 bits per heavy atom. The lowest BCUT2D eigenvalue weighted by Crippen LogP contribution is -2.34. The van der Waals surface area contributed by atoms with Gasteiger partial charge in [-0.05, 0) is 73.2 Å². The summed E-state index contributed by atoms with van der Waals surface area (Å²) >= 11 is 5.16. The zero-order chi connectivity index (χ0) is 24.6. The molecule has 0 fully saturated rings. The van der Waals surface area contributed by atoms with Gasteiger partial charge in [0.1, 0.15) is 23.9 Å². The highest BCUT2D eigenvalue weighted by Gasteiger charge is 2.31. The highest BCUT2D eigenvalue weighted by atomic mass is 32.1. The summed E-state index contributed by atoms with van der Waals surface area (Å²) in [7, 11) is 0. The molecule has 178 valence electrons. The number of nitrogens with one attached hydrogen (secondary N) is 2. The third kappa shape index (κ3) is 7.96. The van der Waals surface area contributed by atoms with Crippen LogP contribution < -0.4 is 24.8 Å². The standard InChI is InChI=1S/C24H21F3N2O4S/c1-2-31-20-7-3-5-16(13-20)15-32-21-8-4-6-18(14-21)28-23(34)29-22(30)17-9-11-19(12-10-17)33-24(25,26)27/h3-14H,2,15H2,1H3,(H2,28,29,30,34). The van der Waals surface area contributed by atoms with Crippen LogP contribution in [0.1, 0.15) is 22.8 Å². The van der Waals surface area contributed by atoms with E-state index in [2.05, 4.69) is 15.4 Å². The molecule has 0 unspecified atom stereocenters. The highest BCUT2D eigenvalue weighted by molar-refractivity contribution is 7.80. The number of ether oxygens (including phenoxy) is 3. The number of benzene rings is 3. The third-order valence-corrected chi connectivity index (χ3v) is 4.49. The lowest BCUT2D eigenvalue weighted by Gasteiger charge is -2.12. The average Bonchev–Trinajstić information content (AvgIpc) is 2.78. The van der Waals surface area contributed by atoms with Crippen LogP contribution in [0.4, 0.5) is 18.9 Å². The van der Waals surface area contributed by atoms with Crippen LogP contribution in [0.15, 0.2) is 72.8 Å². The van der Waals surface area contributed by atoms with Gasteiger partial charge in [-0.25, -0.2) is 0 Å². The number of halogens is 3. The van der Waals surface area contributed by atoms with Gasteiger partial charge in [-0.15, -0.1) is 13.2 Å². The van der Waals surface area contributed by atoms with Crippen molar-refractivity contribution in [2.45, 2.75) is 19.9 Å². The van der Waals surface area contributed by atoms with Gasteiger partial charge in [0.2, 0.25) is 0 Å². The molecule has 0 aliphatic carbocycles. The van der Waals surface area contributed by atoms with Crippen LogP contribution >= 0.6 is 12.2 Å². The maximum Gasteiger partial charge on any atom is 0.573 e. The van der Waals surface area contributed by atoms with Crippen molar-refractivity contribution in [1.82, 2.24) is 5.32 Å². The number of amides is 1. The molecule has 3 aromatic rings. The number of hydrogen-bond acceptors (Lipinski definition) is 5. The van der Waals surface area contributed by atoms with E-state index in [1.54, 1.807) is 24.3 Å². The van der Waals surface area contributed by atoms with Crippen LogP contribution in [-0.4, -0.2) is 24.0 Å². The van der Waals surface area contributed by atoms with E-state index >= 15 is 0 Å². The van der Waals surface area contributed by atoms with E-state index in [4.69, 9.17) is 21.7 Å². The largest absolute Gasteiger partial charge is 0.573 e. The van der Waals surface area contributed by atoms with Crippen molar-refractivity contribution in [3.8, 4) is 17.2 Å². The number of alkyl halides is 3. The van der Waals surface area contributed by atoms with Crippen LogP contribution in [0.25, 0.3) is 0 Å². The maximum atomic E-state index is 12.3. The Balaban J connectivity index is 1.53. The minimum Gasteiger partial charge on any atom is -0.494 e. The van der Waals surface area contributed by atoms with Gasteiger partial charge in [-0.2, -0.15) is 0 Å². The molecular weight excluding hydrogens is 469 g/mol. The molecule has 0 saturated carbocycles. The van der Waals surface area contributed by atoms with Crippen molar-refractivity contribution >= 4 is 28.9 Å². The van der Waals surface area contributed by atoms with Crippen molar-refractivity contribution in [3.63, 3.8) is 0 Å². The number of rotatable bonds is 8. The lowest BCUT2D eigenvalue weighted by molar-refractivity contribution is -0.274. The predicted molar refractivity (Wildman–Crippen MR) is 125 cm³/mol. The number of thiocarbonyl (C=S) groups is 1. The van der Waals surface area contributed by atoms with Crippen LogP contribution in [0.5, 0.6) is 17.2 Å². The van der Waals surface area contributed by atoms with Gasteiger partial charge < -0.3 is 19.5 Å². The Kier molecular flexibility index (Phi) is 8.31. The Morgan fingerprint density at radius 1 is 0.912 bits per heavy atom. The molecule has 6 nitrogen and oxygen atoms in total. The number of carbonyl (C=O) groups is 1. The normalized spacial score (nSPS) is 10.8. The molecule has 2 N–H and O–H groups in total. The summed E-state index contributed by atoms with van der Waals surface area (Å²) in [5, 5.41) is 5.36. The van der Waals surface area contributed by atoms with Crippen molar-refractivity contribution < 1.29 is 32.2 Å². The van der Waals surface area contributed by atoms with Gasteiger partial charge in [0.25, 0.3) is 5.91 Å². The van der Waals surface area contributed by atoms with E-state index < -0.39 is 18.0 Å². The smallest absolute Gasteiger partial charge is 0.494 e. The monoisotopic (exact) mass is 490 g/mol. The first-order valence-corrected chi connectivity index (χ1v) is 10.6. The van der Waals surface area contributed by atoms with E-state index in [-0.39, 0.29) is 10.7 Å². The lowest BCUT2D eigenvalue weighted by atomic mass is 10.2. The molecule has 3 aromatic carbocycles. The SMILES string of the molecule is CCOc1cccc(COc2cccc(NC(=S)NC(=O)c3ccc(OC(F)(F)F)cc3)c2)c1. The molecule has 3 rings (SSSR count). The molecule has 0 aliphatic rings. The summed E-state index contributed by atoms with van der Waals surface area (Å²) < 4.78 is 51.8. The third-order valence-electron chi connectivity index (χ3n) is 4.28. The van der Waals surface area contributed by atoms with E-state index in [1.165, 1.54) is 12.1 Å². The molecule has 34 heavy (non-hydrogen) atoms. The van der Waals surface area contributed by atoms with Gasteiger partial charge in [0.15, 0.2) is 5.11 Å². The summed E-state index contributed by atoms with van der Waals surface area (Å²) in [5.41, 5.74) is 1.64. The number of anilines is 1. The van der Waals surface area contributed by atoms with E-state index in [0.717, 1.165) is 23.4 Å². The van der Waals surface area contributed by atoms with Crippen LogP contribution in [0.3, 0.4) is 0 Å². The Morgan fingerprint density at radius 3 is 2.26 bits per heavy atom. The molecule has 0 heterocycles. The minimum absolute atomic E-state index is 0.0159. The van der Waals surface area contributed by atoms with Crippen LogP contribution in [0.2, 0.25) is 0 Å².